The Morgan fingerprint density at radius 3 is 2.51 bits per heavy atom. The van der Waals surface area contributed by atoms with Crippen LogP contribution in [0.2, 0.25) is 0 Å². The minimum absolute atomic E-state index is 0.0488. The van der Waals surface area contributed by atoms with E-state index in [1.54, 1.807) is 31.3 Å². The quantitative estimate of drug-likeness (QED) is 0.395. The second-order valence-corrected chi connectivity index (χ2v) is 9.23. The Hall–Kier alpha value is -3.42. The SMILES string of the molecule is Cc1c(C(Nc2ccc(C(=O)N(C)CCC(=O)OF)cc2)C2CCCCC2)oc2cccc(F)c12. The average molecular weight is 485 g/mol. The number of carbonyl (C=O) groups excluding carboxylic acids is 2. The number of anilines is 1. The van der Waals surface area contributed by atoms with Crippen LogP contribution in [0.15, 0.2) is 46.9 Å². The van der Waals surface area contributed by atoms with Gasteiger partial charge in [0.05, 0.1) is 17.8 Å². The maximum Gasteiger partial charge on any atom is 0.350 e. The topological polar surface area (TPSA) is 71.8 Å². The molecule has 1 amide bonds. The summed E-state index contributed by atoms with van der Waals surface area (Å²) in [4.78, 5) is 28.1. The van der Waals surface area contributed by atoms with Crippen molar-refractivity contribution in [3.8, 4) is 0 Å². The van der Waals surface area contributed by atoms with Gasteiger partial charge >= 0.3 is 5.97 Å². The van der Waals surface area contributed by atoms with Gasteiger partial charge in [0.15, 0.2) is 0 Å². The van der Waals surface area contributed by atoms with Crippen LogP contribution in [0.1, 0.15) is 66.2 Å². The van der Waals surface area contributed by atoms with E-state index in [0.717, 1.165) is 42.7 Å². The van der Waals surface area contributed by atoms with Gasteiger partial charge in [0.2, 0.25) is 0 Å². The highest BCUT2D eigenvalue weighted by molar-refractivity contribution is 5.94. The molecule has 186 valence electrons. The molecule has 6 nitrogen and oxygen atoms in total. The molecule has 3 aromatic rings. The summed E-state index contributed by atoms with van der Waals surface area (Å²) >= 11 is 0. The molecule has 0 radical (unpaired) electrons. The normalized spacial score (nSPS) is 15.1. The van der Waals surface area contributed by atoms with E-state index in [1.165, 1.54) is 17.4 Å². The van der Waals surface area contributed by atoms with E-state index in [2.05, 4.69) is 10.3 Å². The van der Waals surface area contributed by atoms with E-state index in [1.807, 2.05) is 19.1 Å². The molecule has 0 spiro atoms. The molecule has 35 heavy (non-hydrogen) atoms. The third-order valence-corrected chi connectivity index (χ3v) is 6.88. The van der Waals surface area contributed by atoms with Gasteiger partial charge in [-0.05, 0) is 62.1 Å². The van der Waals surface area contributed by atoms with E-state index < -0.39 is 5.97 Å². The number of furan rings is 1. The van der Waals surface area contributed by atoms with Crippen molar-refractivity contribution in [3.05, 3.63) is 65.2 Å². The minimum Gasteiger partial charge on any atom is -0.458 e. The Kier molecular flexibility index (Phi) is 7.68. The van der Waals surface area contributed by atoms with Crippen molar-refractivity contribution >= 4 is 28.5 Å². The lowest BCUT2D eigenvalue weighted by Crippen LogP contribution is -2.29. The summed E-state index contributed by atoms with van der Waals surface area (Å²) in [6.45, 7) is 1.95. The Morgan fingerprint density at radius 1 is 1.14 bits per heavy atom. The first kappa shape index (κ1) is 24.7. The highest BCUT2D eigenvalue weighted by atomic mass is 19.3. The summed E-state index contributed by atoms with van der Waals surface area (Å²) in [5.41, 5.74) is 2.62. The van der Waals surface area contributed by atoms with Crippen LogP contribution in [0, 0.1) is 18.7 Å². The van der Waals surface area contributed by atoms with Crippen LogP contribution >= 0.6 is 0 Å². The monoisotopic (exact) mass is 484 g/mol. The average Bonchev–Trinajstić information content (AvgIpc) is 3.23. The maximum atomic E-state index is 14.5. The maximum absolute atomic E-state index is 14.5. The van der Waals surface area contributed by atoms with Gasteiger partial charge in [-0.3, -0.25) is 9.74 Å². The van der Waals surface area contributed by atoms with Crippen molar-refractivity contribution in [3.63, 3.8) is 0 Å². The molecule has 2 aromatic carbocycles. The molecule has 1 N–H and O–H groups in total. The number of benzene rings is 2. The lowest BCUT2D eigenvalue weighted by atomic mass is 9.82. The largest absolute Gasteiger partial charge is 0.458 e. The van der Waals surface area contributed by atoms with Gasteiger partial charge in [0.25, 0.3) is 5.91 Å². The standard InChI is InChI=1S/C27H30F2N2O4/c1-17-24-21(28)9-6-10-22(24)34-26(17)25(18-7-4-3-5-8-18)30-20-13-11-19(12-14-20)27(33)31(2)16-15-23(32)35-29/h6,9-14,18,25,30H,3-5,7-8,15-16H2,1-2H3. The van der Waals surface area contributed by atoms with E-state index in [4.69, 9.17) is 4.42 Å². The predicted molar refractivity (Wildman–Crippen MR) is 129 cm³/mol. The first-order valence-corrected chi connectivity index (χ1v) is 12.0. The number of aryl methyl sites for hydroxylation is 1. The van der Waals surface area contributed by atoms with Crippen LogP contribution in [-0.2, 0) is 9.74 Å². The van der Waals surface area contributed by atoms with Crippen LogP contribution in [0.3, 0.4) is 0 Å². The molecule has 1 heterocycles. The fraction of sp³-hybridized carbons (Fsp3) is 0.407. The van der Waals surface area contributed by atoms with Crippen LogP contribution in [-0.4, -0.2) is 30.4 Å². The molecule has 1 atom stereocenters. The molecule has 0 bridgehead atoms. The van der Waals surface area contributed by atoms with Gasteiger partial charge < -0.3 is 14.6 Å². The van der Waals surface area contributed by atoms with E-state index in [-0.39, 0.29) is 30.7 Å². The molecule has 1 aliphatic rings. The molecule has 4 rings (SSSR count). The highest BCUT2D eigenvalue weighted by Crippen LogP contribution is 2.41. The van der Waals surface area contributed by atoms with Gasteiger partial charge in [0, 0.05) is 34.9 Å². The number of hydrogen-bond donors (Lipinski definition) is 1. The second-order valence-electron chi connectivity index (χ2n) is 9.23. The smallest absolute Gasteiger partial charge is 0.350 e. The van der Waals surface area contributed by atoms with E-state index in [0.29, 0.717) is 22.5 Å². The Balaban J connectivity index is 1.55. The summed E-state index contributed by atoms with van der Waals surface area (Å²) in [6.07, 6.45) is 5.39. The Labute approximate surface area is 203 Å². The van der Waals surface area contributed by atoms with Crippen molar-refractivity contribution in [2.75, 3.05) is 18.9 Å². The molecule has 0 aliphatic heterocycles. The molecular weight excluding hydrogens is 454 g/mol. The van der Waals surface area contributed by atoms with Gasteiger partial charge in [-0.15, -0.1) is 0 Å². The molecule has 1 fully saturated rings. The third kappa shape index (κ3) is 5.47. The summed E-state index contributed by atoms with van der Waals surface area (Å²) in [6, 6.07) is 11.8. The van der Waals surface area contributed by atoms with Crippen molar-refractivity contribution in [1.82, 2.24) is 4.90 Å². The lowest BCUT2D eigenvalue weighted by molar-refractivity contribution is -0.183. The fourth-order valence-electron chi connectivity index (χ4n) is 4.94. The van der Waals surface area contributed by atoms with Crippen molar-refractivity contribution in [2.24, 2.45) is 5.92 Å². The number of hydrogen-bond acceptors (Lipinski definition) is 5. The molecule has 1 unspecified atom stereocenters. The zero-order chi connectivity index (χ0) is 24.9. The van der Waals surface area contributed by atoms with Gasteiger partial charge in [-0.2, -0.15) is 0 Å². The number of fused-ring (bicyclic) bond motifs is 1. The number of halogens is 2. The molecule has 1 aromatic heterocycles. The van der Waals surface area contributed by atoms with E-state index >= 15 is 0 Å². The zero-order valence-electron chi connectivity index (χ0n) is 20.0. The predicted octanol–water partition coefficient (Wildman–Crippen LogP) is 6.50. The minimum atomic E-state index is -1.02. The number of nitrogens with zero attached hydrogens (tertiary/aromatic N) is 1. The fourth-order valence-corrected chi connectivity index (χ4v) is 4.94. The Morgan fingerprint density at radius 2 is 1.86 bits per heavy atom. The Bertz CT molecular complexity index is 1190. The number of amides is 1. The molecule has 1 saturated carbocycles. The second kappa shape index (κ2) is 10.9. The highest BCUT2D eigenvalue weighted by Gasteiger charge is 2.30. The van der Waals surface area contributed by atoms with E-state index in [9.17, 15) is 18.5 Å². The molecule has 1 aliphatic carbocycles. The molecule has 0 saturated heterocycles. The van der Waals surface area contributed by atoms with Crippen LogP contribution < -0.4 is 5.32 Å². The van der Waals surface area contributed by atoms with Crippen LogP contribution in [0.4, 0.5) is 14.6 Å². The summed E-state index contributed by atoms with van der Waals surface area (Å²) in [5.74, 6) is -0.496. The van der Waals surface area contributed by atoms with Crippen LogP contribution in [0.5, 0.6) is 0 Å². The summed E-state index contributed by atoms with van der Waals surface area (Å²) in [5, 5.41) is 4.10. The number of carbonyl (C=O) groups is 2. The first-order valence-electron chi connectivity index (χ1n) is 12.0. The first-order chi connectivity index (χ1) is 16.9. The van der Waals surface area contributed by atoms with Gasteiger partial charge in [-0.1, -0.05) is 25.3 Å². The van der Waals surface area contributed by atoms with Gasteiger partial charge in [0.1, 0.15) is 17.2 Å². The summed E-state index contributed by atoms with van der Waals surface area (Å²) in [7, 11) is 1.54. The molecule has 8 heteroatoms. The molecular formula is C27H30F2N2O4. The summed E-state index contributed by atoms with van der Waals surface area (Å²) < 4.78 is 32.6. The number of nitrogens with one attached hydrogen (secondary N) is 1. The third-order valence-electron chi connectivity index (χ3n) is 6.88. The van der Waals surface area contributed by atoms with Gasteiger partial charge in [-0.25, -0.2) is 9.18 Å². The van der Waals surface area contributed by atoms with Crippen molar-refractivity contribution in [1.29, 1.82) is 0 Å². The zero-order valence-corrected chi connectivity index (χ0v) is 20.0. The van der Waals surface area contributed by atoms with Crippen LogP contribution in [0.25, 0.3) is 11.0 Å². The number of rotatable bonds is 8. The lowest BCUT2D eigenvalue weighted by Gasteiger charge is -2.31. The van der Waals surface area contributed by atoms with Crippen molar-refractivity contribution < 1.29 is 27.9 Å². The van der Waals surface area contributed by atoms with Crippen molar-refractivity contribution in [2.45, 2.75) is 51.5 Å².